The van der Waals surface area contributed by atoms with Crippen LogP contribution in [0.4, 0.5) is 0 Å². The molecule has 4 heteroatoms. The fourth-order valence-corrected chi connectivity index (χ4v) is 4.07. The number of halogens is 1. The SMILES string of the molecule is C[C@H](O)c1ccc(Br)cc1OCC1Cc2ccccc2S1. The van der Waals surface area contributed by atoms with Crippen LogP contribution in [-0.4, -0.2) is 17.0 Å². The van der Waals surface area contributed by atoms with E-state index in [9.17, 15) is 5.11 Å². The van der Waals surface area contributed by atoms with Gasteiger partial charge in [0.2, 0.25) is 0 Å². The van der Waals surface area contributed by atoms with E-state index in [4.69, 9.17) is 4.74 Å². The molecule has 1 aliphatic rings. The van der Waals surface area contributed by atoms with Gasteiger partial charge in [-0.2, -0.15) is 0 Å². The highest BCUT2D eigenvalue weighted by atomic mass is 79.9. The van der Waals surface area contributed by atoms with Gasteiger partial charge in [0, 0.05) is 20.2 Å². The first-order valence-electron chi connectivity index (χ1n) is 6.98. The van der Waals surface area contributed by atoms with Crippen molar-refractivity contribution in [1.82, 2.24) is 0 Å². The van der Waals surface area contributed by atoms with Gasteiger partial charge in [0.1, 0.15) is 12.4 Å². The second-order valence-electron chi connectivity index (χ2n) is 5.22. The zero-order valence-electron chi connectivity index (χ0n) is 11.8. The number of fused-ring (bicyclic) bond motifs is 1. The van der Waals surface area contributed by atoms with Crippen molar-refractivity contribution in [3.05, 3.63) is 58.1 Å². The van der Waals surface area contributed by atoms with E-state index in [0.29, 0.717) is 11.9 Å². The van der Waals surface area contributed by atoms with Crippen molar-refractivity contribution < 1.29 is 9.84 Å². The van der Waals surface area contributed by atoms with E-state index in [1.54, 1.807) is 6.92 Å². The molecule has 1 heterocycles. The Balaban J connectivity index is 1.68. The lowest BCUT2D eigenvalue weighted by Gasteiger charge is -2.16. The van der Waals surface area contributed by atoms with E-state index in [-0.39, 0.29) is 0 Å². The molecule has 1 aliphatic heterocycles. The third kappa shape index (κ3) is 3.44. The van der Waals surface area contributed by atoms with Crippen molar-refractivity contribution in [2.24, 2.45) is 0 Å². The minimum atomic E-state index is -0.526. The van der Waals surface area contributed by atoms with Crippen LogP contribution in [0.1, 0.15) is 24.2 Å². The highest BCUT2D eigenvalue weighted by Crippen LogP contribution is 2.37. The average molecular weight is 365 g/mol. The molecule has 0 saturated carbocycles. The van der Waals surface area contributed by atoms with Crippen LogP contribution in [0.3, 0.4) is 0 Å². The summed E-state index contributed by atoms with van der Waals surface area (Å²) in [6, 6.07) is 14.3. The topological polar surface area (TPSA) is 29.5 Å². The normalized spacial score (nSPS) is 18.3. The van der Waals surface area contributed by atoms with Gasteiger partial charge in [-0.3, -0.25) is 0 Å². The predicted octanol–water partition coefficient (Wildman–Crippen LogP) is 4.60. The maximum absolute atomic E-state index is 9.83. The molecule has 0 amide bonds. The highest BCUT2D eigenvalue weighted by molar-refractivity contribution is 9.10. The molecule has 0 aliphatic carbocycles. The molecule has 21 heavy (non-hydrogen) atoms. The highest BCUT2D eigenvalue weighted by Gasteiger charge is 2.22. The summed E-state index contributed by atoms with van der Waals surface area (Å²) in [4.78, 5) is 1.36. The molecule has 1 N–H and O–H groups in total. The summed E-state index contributed by atoms with van der Waals surface area (Å²) < 4.78 is 6.95. The Morgan fingerprint density at radius 2 is 2.14 bits per heavy atom. The zero-order valence-corrected chi connectivity index (χ0v) is 14.2. The molecule has 1 unspecified atom stereocenters. The molecule has 0 radical (unpaired) electrons. The van der Waals surface area contributed by atoms with Gasteiger partial charge in [0.25, 0.3) is 0 Å². The van der Waals surface area contributed by atoms with Crippen molar-refractivity contribution in [3.8, 4) is 5.75 Å². The van der Waals surface area contributed by atoms with Crippen molar-refractivity contribution >= 4 is 27.7 Å². The van der Waals surface area contributed by atoms with Gasteiger partial charge in [-0.05, 0) is 37.1 Å². The van der Waals surface area contributed by atoms with Crippen molar-refractivity contribution in [2.75, 3.05) is 6.61 Å². The summed E-state index contributed by atoms with van der Waals surface area (Å²) in [6.45, 7) is 2.41. The van der Waals surface area contributed by atoms with Crippen LogP contribution in [0.5, 0.6) is 5.75 Å². The standard InChI is InChI=1S/C17H17BrO2S/c1-11(19)15-7-6-13(18)9-16(15)20-10-14-8-12-4-2-3-5-17(12)21-14/h2-7,9,11,14,19H,8,10H2,1H3/t11-,14?/m0/s1. The fraction of sp³-hybridized carbons (Fsp3) is 0.294. The number of aliphatic hydroxyl groups excluding tert-OH is 1. The Morgan fingerprint density at radius 3 is 2.90 bits per heavy atom. The van der Waals surface area contributed by atoms with E-state index in [1.807, 2.05) is 30.0 Å². The summed E-state index contributed by atoms with van der Waals surface area (Å²) in [5, 5.41) is 10.3. The Labute approximate surface area is 137 Å². The molecule has 2 aromatic carbocycles. The van der Waals surface area contributed by atoms with Crippen molar-refractivity contribution in [2.45, 2.75) is 29.6 Å². The maximum Gasteiger partial charge on any atom is 0.126 e. The Bertz CT molecular complexity index is 617. The molecule has 0 spiro atoms. The van der Waals surface area contributed by atoms with Crippen LogP contribution in [-0.2, 0) is 6.42 Å². The van der Waals surface area contributed by atoms with Crippen molar-refractivity contribution in [1.29, 1.82) is 0 Å². The Morgan fingerprint density at radius 1 is 1.33 bits per heavy atom. The van der Waals surface area contributed by atoms with Crippen LogP contribution < -0.4 is 4.74 Å². The third-order valence-corrected chi connectivity index (χ3v) is 5.35. The minimum Gasteiger partial charge on any atom is -0.492 e. The Kier molecular flexibility index (Phi) is 4.57. The molecule has 2 atom stereocenters. The van der Waals surface area contributed by atoms with Crippen LogP contribution in [0.15, 0.2) is 51.8 Å². The lowest BCUT2D eigenvalue weighted by atomic mass is 10.1. The van der Waals surface area contributed by atoms with Crippen molar-refractivity contribution in [3.63, 3.8) is 0 Å². The summed E-state index contributed by atoms with van der Waals surface area (Å²) in [6.07, 6.45) is 0.514. The third-order valence-electron chi connectivity index (χ3n) is 3.56. The van der Waals surface area contributed by atoms with E-state index in [2.05, 4.69) is 40.2 Å². The number of benzene rings is 2. The molecule has 3 rings (SSSR count). The van der Waals surface area contributed by atoms with Gasteiger partial charge >= 0.3 is 0 Å². The first-order chi connectivity index (χ1) is 10.1. The molecule has 2 aromatic rings. The average Bonchev–Trinajstić information content (AvgIpc) is 2.87. The van der Waals surface area contributed by atoms with Gasteiger partial charge in [-0.25, -0.2) is 0 Å². The number of hydrogen-bond acceptors (Lipinski definition) is 3. The van der Waals surface area contributed by atoms with E-state index < -0.39 is 6.10 Å². The summed E-state index contributed by atoms with van der Waals surface area (Å²) in [5.74, 6) is 0.760. The van der Waals surface area contributed by atoms with Gasteiger partial charge in [-0.15, -0.1) is 11.8 Å². The lowest BCUT2D eigenvalue weighted by molar-refractivity contribution is 0.191. The van der Waals surface area contributed by atoms with E-state index >= 15 is 0 Å². The van der Waals surface area contributed by atoms with Crippen LogP contribution >= 0.6 is 27.7 Å². The summed E-state index contributed by atoms with van der Waals surface area (Å²) in [7, 11) is 0. The van der Waals surface area contributed by atoms with Gasteiger partial charge in [-0.1, -0.05) is 40.2 Å². The monoisotopic (exact) mass is 364 g/mol. The zero-order chi connectivity index (χ0) is 14.8. The van der Waals surface area contributed by atoms with Crippen LogP contribution in [0.2, 0.25) is 0 Å². The smallest absolute Gasteiger partial charge is 0.126 e. The number of rotatable bonds is 4. The molecule has 0 saturated heterocycles. The summed E-state index contributed by atoms with van der Waals surface area (Å²) in [5.41, 5.74) is 2.24. The molecule has 110 valence electrons. The van der Waals surface area contributed by atoms with E-state index in [1.165, 1.54) is 10.5 Å². The van der Waals surface area contributed by atoms with Gasteiger partial charge < -0.3 is 9.84 Å². The number of ether oxygens (including phenoxy) is 1. The molecular weight excluding hydrogens is 348 g/mol. The van der Waals surface area contributed by atoms with Gasteiger partial charge in [0.15, 0.2) is 0 Å². The molecule has 0 bridgehead atoms. The number of hydrogen-bond donors (Lipinski definition) is 1. The van der Waals surface area contributed by atoms with E-state index in [0.717, 1.165) is 22.2 Å². The lowest BCUT2D eigenvalue weighted by Crippen LogP contribution is -2.14. The number of aliphatic hydroxyl groups is 1. The molecule has 0 aromatic heterocycles. The second-order valence-corrected chi connectivity index (χ2v) is 7.48. The van der Waals surface area contributed by atoms with Gasteiger partial charge in [0.05, 0.1) is 6.10 Å². The largest absolute Gasteiger partial charge is 0.492 e. The predicted molar refractivity (Wildman–Crippen MR) is 90.1 cm³/mol. The minimum absolute atomic E-state index is 0.434. The number of thioether (sulfide) groups is 1. The Hall–Kier alpha value is -0.970. The quantitative estimate of drug-likeness (QED) is 0.859. The second kappa shape index (κ2) is 6.42. The first kappa shape index (κ1) is 14.9. The molecular formula is C17H17BrO2S. The maximum atomic E-state index is 9.83. The fourth-order valence-electron chi connectivity index (χ4n) is 2.51. The molecule has 2 nitrogen and oxygen atoms in total. The summed E-state index contributed by atoms with van der Waals surface area (Å²) >= 11 is 5.33. The van der Waals surface area contributed by atoms with Crippen LogP contribution in [0, 0.1) is 0 Å². The first-order valence-corrected chi connectivity index (χ1v) is 8.65. The molecule has 0 fully saturated rings. The van der Waals surface area contributed by atoms with Crippen LogP contribution in [0.25, 0.3) is 0 Å².